The fourth-order valence-corrected chi connectivity index (χ4v) is 7.81. The SMILES string of the molecule is c1cc(-c2cccc(-c3cccc(-c4cccc(-c5cccc(-c6ccc7oc8ncccc8c7c6)c5)c4)n3)c2)cc(-c2ccc3oc4ncccc4c3c2)c1. The Morgan fingerprint density at radius 3 is 1.07 bits per heavy atom. The molecule has 11 aromatic rings. The molecule has 0 N–H and O–H groups in total. The van der Waals surface area contributed by atoms with Gasteiger partial charge in [-0.15, -0.1) is 0 Å². The minimum Gasteiger partial charge on any atom is -0.438 e. The highest BCUT2D eigenvalue weighted by Gasteiger charge is 2.13. The Hall–Kier alpha value is -7.63. The Bertz CT molecular complexity index is 3070. The van der Waals surface area contributed by atoms with Crippen molar-refractivity contribution >= 4 is 44.1 Å². The highest BCUT2D eigenvalue weighted by molar-refractivity contribution is 6.06. The fourth-order valence-electron chi connectivity index (χ4n) is 7.81. The van der Waals surface area contributed by atoms with E-state index in [4.69, 9.17) is 13.8 Å². The standard InChI is InChI=1S/C51H31N3O2/c1-8-32(26-34(10-1)38-20-22-48-44(30-38)42-16-6-24-52-50(42)55-48)36-12-3-14-40(28-36)46-18-5-19-47(54-46)41-15-4-13-37(29-41)33-9-2-11-35(27-33)39-21-23-49-45(31-39)43-17-7-25-53-51(43)56-49/h1-31H. The van der Waals surface area contributed by atoms with Crippen LogP contribution in [0.5, 0.6) is 0 Å². The van der Waals surface area contributed by atoms with Gasteiger partial charge in [0, 0.05) is 45.1 Å². The second-order valence-electron chi connectivity index (χ2n) is 14.1. The lowest BCUT2D eigenvalue weighted by Gasteiger charge is -2.11. The summed E-state index contributed by atoms with van der Waals surface area (Å²) < 4.78 is 11.9. The first kappa shape index (κ1) is 31.9. The summed E-state index contributed by atoms with van der Waals surface area (Å²) in [6.07, 6.45) is 3.52. The van der Waals surface area contributed by atoms with Gasteiger partial charge in [-0.3, -0.25) is 0 Å². The van der Waals surface area contributed by atoms with Crippen molar-refractivity contribution in [2.45, 2.75) is 0 Å². The monoisotopic (exact) mass is 717 g/mol. The van der Waals surface area contributed by atoms with Gasteiger partial charge in [-0.05, 0) is 129 Å². The Balaban J connectivity index is 0.886. The predicted octanol–water partition coefficient (Wildman–Crippen LogP) is 13.7. The number of aromatic nitrogens is 3. The van der Waals surface area contributed by atoms with Crippen molar-refractivity contribution < 1.29 is 8.83 Å². The molecule has 0 spiro atoms. The number of rotatable bonds is 6. The van der Waals surface area contributed by atoms with E-state index in [0.29, 0.717) is 11.4 Å². The van der Waals surface area contributed by atoms with Crippen LogP contribution in [0.4, 0.5) is 0 Å². The number of furan rings is 2. The van der Waals surface area contributed by atoms with Crippen LogP contribution in [0.3, 0.4) is 0 Å². The van der Waals surface area contributed by atoms with Gasteiger partial charge in [0.15, 0.2) is 0 Å². The molecule has 0 unspecified atom stereocenters. The molecular formula is C51H31N3O2. The number of hydrogen-bond acceptors (Lipinski definition) is 5. The zero-order valence-corrected chi connectivity index (χ0v) is 30.1. The number of benzene rings is 6. The molecule has 0 saturated heterocycles. The smallest absolute Gasteiger partial charge is 0.227 e. The Morgan fingerprint density at radius 1 is 0.286 bits per heavy atom. The highest BCUT2D eigenvalue weighted by atomic mass is 16.3. The summed E-state index contributed by atoms with van der Waals surface area (Å²) in [6, 6.07) is 61.6. The van der Waals surface area contributed by atoms with Crippen molar-refractivity contribution in [1.82, 2.24) is 15.0 Å². The Kier molecular flexibility index (Phi) is 7.42. The first-order valence-electron chi connectivity index (χ1n) is 18.6. The largest absolute Gasteiger partial charge is 0.438 e. The van der Waals surface area contributed by atoms with Gasteiger partial charge in [0.05, 0.1) is 11.4 Å². The van der Waals surface area contributed by atoms with Crippen LogP contribution in [0.25, 0.3) is 111 Å². The first-order chi connectivity index (χ1) is 27.7. The van der Waals surface area contributed by atoms with E-state index in [0.717, 1.165) is 99.7 Å². The molecular weight excluding hydrogens is 687 g/mol. The number of nitrogens with zero attached hydrogens (tertiary/aromatic N) is 3. The maximum absolute atomic E-state index is 5.97. The molecule has 6 aromatic carbocycles. The van der Waals surface area contributed by atoms with Crippen LogP contribution in [0.2, 0.25) is 0 Å². The third-order valence-corrected chi connectivity index (χ3v) is 10.6. The molecule has 0 saturated carbocycles. The highest BCUT2D eigenvalue weighted by Crippen LogP contribution is 2.36. The molecule has 5 nitrogen and oxygen atoms in total. The van der Waals surface area contributed by atoms with Crippen LogP contribution in [-0.4, -0.2) is 15.0 Å². The summed E-state index contributed by atoms with van der Waals surface area (Å²) in [6.45, 7) is 0. The fraction of sp³-hybridized carbons (Fsp3) is 0. The number of pyridine rings is 3. The molecule has 0 bridgehead atoms. The second kappa shape index (κ2) is 13.0. The molecule has 262 valence electrons. The molecule has 11 rings (SSSR count). The van der Waals surface area contributed by atoms with Gasteiger partial charge in [0.25, 0.3) is 0 Å². The minimum atomic E-state index is 0.661. The van der Waals surface area contributed by atoms with E-state index >= 15 is 0 Å². The lowest BCUT2D eigenvalue weighted by Crippen LogP contribution is -1.89. The predicted molar refractivity (Wildman–Crippen MR) is 227 cm³/mol. The average Bonchev–Trinajstić information content (AvgIpc) is 3.84. The van der Waals surface area contributed by atoms with Crippen molar-refractivity contribution in [2.24, 2.45) is 0 Å². The molecule has 0 atom stereocenters. The third kappa shape index (κ3) is 5.62. The van der Waals surface area contributed by atoms with Crippen LogP contribution in [0.15, 0.2) is 197 Å². The molecule has 0 aliphatic heterocycles. The van der Waals surface area contributed by atoms with E-state index in [1.54, 1.807) is 12.4 Å². The summed E-state index contributed by atoms with van der Waals surface area (Å²) in [5.41, 5.74) is 16.1. The van der Waals surface area contributed by atoms with Crippen molar-refractivity contribution in [3.63, 3.8) is 0 Å². The zero-order chi connectivity index (χ0) is 37.0. The van der Waals surface area contributed by atoms with E-state index in [-0.39, 0.29) is 0 Å². The average molecular weight is 718 g/mol. The van der Waals surface area contributed by atoms with E-state index < -0.39 is 0 Å². The van der Waals surface area contributed by atoms with Crippen LogP contribution in [0, 0.1) is 0 Å². The maximum atomic E-state index is 5.97. The van der Waals surface area contributed by atoms with Gasteiger partial charge >= 0.3 is 0 Å². The van der Waals surface area contributed by atoms with Gasteiger partial charge in [0.1, 0.15) is 11.2 Å². The van der Waals surface area contributed by atoms with E-state index in [9.17, 15) is 0 Å². The summed E-state index contributed by atoms with van der Waals surface area (Å²) >= 11 is 0. The van der Waals surface area contributed by atoms with E-state index in [1.807, 2.05) is 24.3 Å². The lowest BCUT2D eigenvalue weighted by molar-refractivity contribution is 0.653. The van der Waals surface area contributed by atoms with Crippen molar-refractivity contribution in [3.05, 3.63) is 188 Å². The first-order valence-corrected chi connectivity index (χ1v) is 18.6. The van der Waals surface area contributed by atoms with Crippen LogP contribution in [-0.2, 0) is 0 Å². The summed E-state index contributed by atoms with van der Waals surface area (Å²) in [4.78, 5) is 14.0. The second-order valence-corrected chi connectivity index (χ2v) is 14.1. The van der Waals surface area contributed by atoms with Gasteiger partial charge in [-0.1, -0.05) is 91.0 Å². The van der Waals surface area contributed by atoms with Crippen molar-refractivity contribution in [1.29, 1.82) is 0 Å². The Morgan fingerprint density at radius 2 is 0.643 bits per heavy atom. The Labute approximate surface area is 322 Å². The molecule has 5 aromatic heterocycles. The van der Waals surface area contributed by atoms with Crippen LogP contribution in [0.1, 0.15) is 0 Å². The van der Waals surface area contributed by atoms with Crippen molar-refractivity contribution in [3.8, 4) is 67.0 Å². The quantitative estimate of drug-likeness (QED) is 0.171. The minimum absolute atomic E-state index is 0.661. The summed E-state index contributed by atoms with van der Waals surface area (Å²) in [7, 11) is 0. The normalized spacial score (nSPS) is 11.6. The van der Waals surface area contributed by atoms with Crippen molar-refractivity contribution in [2.75, 3.05) is 0 Å². The third-order valence-electron chi connectivity index (χ3n) is 10.6. The summed E-state index contributed by atoms with van der Waals surface area (Å²) in [5.74, 6) is 0. The molecule has 0 aliphatic rings. The number of hydrogen-bond donors (Lipinski definition) is 0. The maximum Gasteiger partial charge on any atom is 0.227 e. The van der Waals surface area contributed by atoms with Gasteiger partial charge in [-0.25, -0.2) is 15.0 Å². The van der Waals surface area contributed by atoms with Gasteiger partial charge in [-0.2, -0.15) is 0 Å². The van der Waals surface area contributed by atoms with Gasteiger partial charge in [0.2, 0.25) is 11.4 Å². The lowest BCUT2D eigenvalue weighted by atomic mass is 9.96. The number of fused-ring (bicyclic) bond motifs is 6. The molecule has 0 fully saturated rings. The molecule has 56 heavy (non-hydrogen) atoms. The van der Waals surface area contributed by atoms with Gasteiger partial charge < -0.3 is 8.83 Å². The molecule has 5 heteroatoms. The molecule has 0 amide bonds. The van der Waals surface area contributed by atoms with E-state index in [1.165, 1.54) is 0 Å². The van der Waals surface area contributed by atoms with Crippen LogP contribution < -0.4 is 0 Å². The molecule has 0 aliphatic carbocycles. The molecule has 0 radical (unpaired) electrons. The van der Waals surface area contributed by atoms with E-state index in [2.05, 4.69) is 162 Å². The van der Waals surface area contributed by atoms with Crippen LogP contribution >= 0.6 is 0 Å². The zero-order valence-electron chi connectivity index (χ0n) is 30.1. The molecule has 5 heterocycles. The summed E-state index contributed by atoms with van der Waals surface area (Å²) in [5, 5.41) is 4.18. The topological polar surface area (TPSA) is 65.0 Å².